The van der Waals surface area contributed by atoms with E-state index in [0.29, 0.717) is 41.3 Å². The van der Waals surface area contributed by atoms with Crippen LogP contribution in [0.15, 0.2) is 129 Å². The van der Waals surface area contributed by atoms with Crippen LogP contribution in [-0.2, 0) is 9.59 Å². The van der Waals surface area contributed by atoms with Gasteiger partial charge in [-0.25, -0.2) is 9.59 Å². The Labute approximate surface area is 208 Å². The second-order valence-electron chi connectivity index (χ2n) is 7.86. The molecule has 0 bridgehead atoms. The highest BCUT2D eigenvalue weighted by Gasteiger charge is 2.24. The highest BCUT2D eigenvalue weighted by atomic mass is 16.4. The van der Waals surface area contributed by atoms with Crippen LogP contribution in [0, 0.1) is 0 Å². The van der Waals surface area contributed by atoms with Gasteiger partial charge in [0.25, 0.3) is 0 Å². The highest BCUT2D eigenvalue weighted by molar-refractivity contribution is 6.44. The zero-order valence-corrected chi connectivity index (χ0v) is 19.3. The topological polar surface area (TPSA) is 112 Å². The number of allylic oxidation sites excluding steroid dienone is 5. The van der Waals surface area contributed by atoms with Gasteiger partial charge in [0.05, 0.1) is 39.7 Å². The van der Waals surface area contributed by atoms with Crippen molar-refractivity contribution in [3.63, 3.8) is 0 Å². The van der Waals surface area contributed by atoms with Crippen molar-refractivity contribution in [1.82, 2.24) is 0 Å². The Morgan fingerprint density at radius 3 is 1.83 bits per heavy atom. The van der Waals surface area contributed by atoms with Crippen molar-refractivity contribution in [1.29, 1.82) is 0 Å². The normalized spacial score (nSPS) is 16.2. The summed E-state index contributed by atoms with van der Waals surface area (Å²) in [6.07, 6.45) is 12.2. The lowest BCUT2D eigenvalue weighted by molar-refractivity contribution is -0.133. The fourth-order valence-electron chi connectivity index (χ4n) is 3.63. The van der Waals surface area contributed by atoms with Crippen molar-refractivity contribution in [2.45, 2.75) is 12.8 Å². The maximum absolute atomic E-state index is 11.8. The summed E-state index contributed by atoms with van der Waals surface area (Å²) < 4.78 is 0. The number of carboxylic acids is 2. The summed E-state index contributed by atoms with van der Waals surface area (Å²) in [4.78, 5) is 36.9. The predicted molar refractivity (Wildman–Crippen MR) is 142 cm³/mol. The molecular weight excluding hydrogens is 454 g/mol. The molecule has 0 aliphatic carbocycles. The Hall–Kier alpha value is -4.91. The Bertz CT molecular complexity index is 1300. The number of para-hydroxylation sites is 1. The van der Waals surface area contributed by atoms with Crippen molar-refractivity contribution >= 4 is 41.3 Å². The van der Waals surface area contributed by atoms with Crippen LogP contribution in [0.4, 0.5) is 5.69 Å². The van der Waals surface area contributed by atoms with Gasteiger partial charge in [-0.15, -0.1) is 0 Å². The van der Waals surface area contributed by atoms with E-state index in [1.54, 1.807) is 18.2 Å². The summed E-state index contributed by atoms with van der Waals surface area (Å²) in [5, 5.41) is 19.3. The van der Waals surface area contributed by atoms with Crippen LogP contribution in [0.5, 0.6) is 0 Å². The van der Waals surface area contributed by atoms with Gasteiger partial charge >= 0.3 is 11.9 Å². The van der Waals surface area contributed by atoms with Crippen LogP contribution in [0.1, 0.15) is 18.4 Å². The van der Waals surface area contributed by atoms with Gasteiger partial charge in [-0.2, -0.15) is 0 Å². The lowest BCUT2D eigenvalue weighted by Gasteiger charge is -2.01. The van der Waals surface area contributed by atoms with Crippen LogP contribution in [0.3, 0.4) is 0 Å². The molecule has 2 aromatic rings. The lowest BCUT2D eigenvalue weighted by atomic mass is 10.1. The summed E-state index contributed by atoms with van der Waals surface area (Å²) in [6.45, 7) is 0. The van der Waals surface area contributed by atoms with Crippen LogP contribution >= 0.6 is 0 Å². The Morgan fingerprint density at radius 2 is 1.28 bits per heavy atom. The molecule has 0 aromatic heterocycles. The SMILES string of the molecule is O=C(O)/C(=C\C=Nc1ccccc1)C1=CCC(C2=NC(/C(=C/C=C/c3ccccc3)C(=O)O)=CC2)=N1. The molecule has 2 N–H and O–H groups in total. The average molecular weight is 478 g/mol. The summed E-state index contributed by atoms with van der Waals surface area (Å²) in [6, 6.07) is 18.8. The Balaban J connectivity index is 1.49. The molecule has 0 spiro atoms. The molecule has 0 radical (unpaired) electrons. The third-order valence-corrected chi connectivity index (χ3v) is 5.41. The third-order valence-electron chi connectivity index (χ3n) is 5.41. The fraction of sp³-hybridized carbons (Fsp3) is 0.0690. The first-order valence-electron chi connectivity index (χ1n) is 11.3. The number of carboxylic acid groups (broad SMARTS) is 2. The number of rotatable bonds is 9. The monoisotopic (exact) mass is 477 g/mol. The predicted octanol–water partition coefficient (Wildman–Crippen LogP) is 5.58. The van der Waals surface area contributed by atoms with Gasteiger partial charge in [-0.3, -0.25) is 15.0 Å². The summed E-state index contributed by atoms with van der Waals surface area (Å²) in [5.41, 5.74) is 3.69. The van der Waals surface area contributed by atoms with Gasteiger partial charge < -0.3 is 10.2 Å². The minimum atomic E-state index is -1.11. The first kappa shape index (κ1) is 24.2. The van der Waals surface area contributed by atoms with E-state index in [9.17, 15) is 19.8 Å². The molecule has 2 heterocycles. The van der Waals surface area contributed by atoms with Gasteiger partial charge in [0.1, 0.15) is 0 Å². The quantitative estimate of drug-likeness (QED) is 0.279. The summed E-state index contributed by atoms with van der Waals surface area (Å²) in [7, 11) is 0. The number of nitrogens with zero attached hydrogens (tertiary/aromatic N) is 3. The molecule has 0 unspecified atom stereocenters. The number of benzene rings is 2. The molecule has 2 aromatic carbocycles. The summed E-state index contributed by atoms with van der Waals surface area (Å²) >= 11 is 0. The first-order valence-corrected chi connectivity index (χ1v) is 11.3. The number of carbonyl (C=O) groups is 2. The van der Waals surface area contributed by atoms with Gasteiger partial charge in [-0.1, -0.05) is 72.8 Å². The molecule has 0 saturated carbocycles. The van der Waals surface area contributed by atoms with E-state index in [4.69, 9.17) is 0 Å². The first-order chi connectivity index (χ1) is 17.5. The maximum atomic E-state index is 11.8. The molecule has 0 atom stereocenters. The zero-order valence-electron chi connectivity index (χ0n) is 19.3. The molecule has 7 heteroatoms. The average Bonchev–Trinajstić information content (AvgIpc) is 3.55. The maximum Gasteiger partial charge on any atom is 0.337 e. The minimum absolute atomic E-state index is 0.0219. The van der Waals surface area contributed by atoms with Crippen molar-refractivity contribution < 1.29 is 19.8 Å². The smallest absolute Gasteiger partial charge is 0.337 e. The van der Waals surface area contributed by atoms with E-state index < -0.39 is 11.9 Å². The van der Waals surface area contributed by atoms with Gasteiger partial charge in [0.15, 0.2) is 0 Å². The van der Waals surface area contributed by atoms with Crippen molar-refractivity contribution in [2.75, 3.05) is 0 Å². The standard InChI is InChI=1S/C29H23N3O4/c33-28(34)22(13-7-10-20-8-3-1-4-9-20)24-14-16-26(31-24)27-17-15-25(32-27)23(29(35)36)18-19-30-21-11-5-2-6-12-21/h1-15,18-19H,16-17H2,(H,33,34)(H,35,36)/b10-7+,22-13-,23-18-,30-19?. The molecular formula is C29H23N3O4. The minimum Gasteiger partial charge on any atom is -0.478 e. The summed E-state index contributed by atoms with van der Waals surface area (Å²) in [5.74, 6) is -2.19. The van der Waals surface area contributed by atoms with Crippen LogP contribution in [-0.4, -0.2) is 39.8 Å². The zero-order chi connectivity index (χ0) is 25.3. The van der Waals surface area contributed by atoms with E-state index in [2.05, 4.69) is 15.0 Å². The van der Waals surface area contributed by atoms with Crippen LogP contribution in [0.2, 0.25) is 0 Å². The Kier molecular flexibility index (Phi) is 7.73. The molecule has 2 aliphatic rings. The van der Waals surface area contributed by atoms with Crippen molar-refractivity contribution in [3.05, 3.63) is 119 Å². The van der Waals surface area contributed by atoms with E-state index in [0.717, 1.165) is 5.56 Å². The largest absolute Gasteiger partial charge is 0.478 e. The van der Waals surface area contributed by atoms with E-state index >= 15 is 0 Å². The molecule has 2 aliphatic heterocycles. The van der Waals surface area contributed by atoms with Gasteiger partial charge in [0, 0.05) is 19.1 Å². The van der Waals surface area contributed by atoms with Gasteiger partial charge in [-0.05, 0) is 29.8 Å². The number of hydrogen-bond donors (Lipinski definition) is 2. The van der Waals surface area contributed by atoms with E-state index in [1.807, 2.05) is 66.7 Å². The number of aliphatic carboxylic acids is 2. The number of hydrogen-bond acceptors (Lipinski definition) is 5. The van der Waals surface area contributed by atoms with Crippen LogP contribution < -0.4 is 0 Å². The van der Waals surface area contributed by atoms with Crippen molar-refractivity contribution in [3.8, 4) is 0 Å². The second kappa shape index (κ2) is 11.5. The lowest BCUT2D eigenvalue weighted by Crippen LogP contribution is -2.09. The fourth-order valence-corrected chi connectivity index (χ4v) is 3.63. The van der Waals surface area contributed by atoms with Gasteiger partial charge in [0.2, 0.25) is 0 Å². The molecule has 178 valence electrons. The Morgan fingerprint density at radius 1 is 0.750 bits per heavy atom. The third kappa shape index (κ3) is 6.15. The molecule has 4 rings (SSSR count). The number of aliphatic imine (C=N–C) groups is 3. The van der Waals surface area contributed by atoms with Crippen molar-refractivity contribution in [2.24, 2.45) is 15.0 Å². The highest BCUT2D eigenvalue weighted by Crippen LogP contribution is 2.25. The second-order valence-corrected chi connectivity index (χ2v) is 7.86. The molecule has 0 saturated heterocycles. The van der Waals surface area contributed by atoms with E-state index in [1.165, 1.54) is 18.4 Å². The van der Waals surface area contributed by atoms with E-state index in [-0.39, 0.29) is 11.1 Å². The molecule has 7 nitrogen and oxygen atoms in total. The molecule has 0 fully saturated rings. The molecule has 36 heavy (non-hydrogen) atoms. The molecule has 0 amide bonds. The van der Waals surface area contributed by atoms with Crippen LogP contribution in [0.25, 0.3) is 6.08 Å².